The monoisotopic (exact) mass is 170 g/mol. The molecule has 0 aromatic heterocycles. The highest BCUT2D eigenvalue weighted by atomic mass is 16.3. The Kier molecular flexibility index (Phi) is 2.59. The average Bonchev–Trinajstić information content (AvgIpc) is 1.99. The van der Waals surface area contributed by atoms with Crippen molar-refractivity contribution in [2.75, 3.05) is 6.61 Å². The molecule has 0 bridgehead atoms. The third kappa shape index (κ3) is 1.54. The van der Waals surface area contributed by atoms with E-state index in [4.69, 9.17) is 5.11 Å². The van der Waals surface area contributed by atoms with E-state index in [0.29, 0.717) is 0 Å². The highest BCUT2D eigenvalue weighted by molar-refractivity contribution is 5.14. The lowest BCUT2D eigenvalue weighted by Gasteiger charge is -2.41. The topological polar surface area (TPSA) is 40.5 Å². The van der Waals surface area contributed by atoms with Crippen molar-refractivity contribution in [3.63, 3.8) is 0 Å². The number of hydrogen-bond acceptors (Lipinski definition) is 2. The second-order valence-corrected chi connectivity index (χ2v) is 4.35. The summed E-state index contributed by atoms with van der Waals surface area (Å²) < 4.78 is 0. The average molecular weight is 170 g/mol. The minimum Gasteiger partial charge on any atom is -0.396 e. The minimum absolute atomic E-state index is 0.0567. The summed E-state index contributed by atoms with van der Waals surface area (Å²) in [5.41, 5.74) is 0.888. The molecule has 0 unspecified atom stereocenters. The Balaban J connectivity index is 2.79. The smallest absolute Gasteiger partial charge is 0.0751 e. The van der Waals surface area contributed by atoms with Crippen LogP contribution in [0.5, 0.6) is 0 Å². The molecule has 0 aromatic rings. The molecule has 1 fully saturated rings. The van der Waals surface area contributed by atoms with Gasteiger partial charge in [-0.2, -0.15) is 0 Å². The largest absolute Gasteiger partial charge is 0.396 e. The Morgan fingerprint density at radius 2 is 2.17 bits per heavy atom. The van der Waals surface area contributed by atoms with Crippen molar-refractivity contribution in [3.8, 4) is 0 Å². The second-order valence-electron chi connectivity index (χ2n) is 4.35. The van der Waals surface area contributed by atoms with Crippen LogP contribution in [0.3, 0.4) is 0 Å². The number of aliphatic hydroxyl groups excluding tert-OH is 2. The number of hydrogen-bond donors (Lipinski definition) is 2. The van der Waals surface area contributed by atoms with E-state index in [9.17, 15) is 5.11 Å². The second kappa shape index (κ2) is 3.19. The molecule has 70 valence electrons. The molecule has 2 atom stereocenters. The lowest BCUT2D eigenvalue weighted by molar-refractivity contribution is 0.0545. The van der Waals surface area contributed by atoms with Crippen molar-refractivity contribution in [2.45, 2.75) is 32.8 Å². The predicted octanol–water partition coefficient (Wildman–Crippen LogP) is 1.33. The first-order chi connectivity index (χ1) is 5.49. The lowest BCUT2D eigenvalue weighted by atomic mass is 9.66. The van der Waals surface area contributed by atoms with Crippen LogP contribution in [0.25, 0.3) is 0 Å². The minimum atomic E-state index is -0.407. The van der Waals surface area contributed by atoms with E-state index in [2.05, 4.69) is 20.4 Å². The Morgan fingerprint density at radius 1 is 1.58 bits per heavy atom. The van der Waals surface area contributed by atoms with E-state index < -0.39 is 6.10 Å². The summed E-state index contributed by atoms with van der Waals surface area (Å²) in [5, 5.41) is 18.6. The molecule has 2 N–H and O–H groups in total. The zero-order chi connectivity index (χ0) is 9.35. The van der Waals surface area contributed by atoms with Crippen LogP contribution in [-0.4, -0.2) is 22.9 Å². The molecule has 0 amide bonds. The van der Waals surface area contributed by atoms with E-state index in [1.165, 1.54) is 0 Å². The van der Waals surface area contributed by atoms with Gasteiger partial charge in [-0.15, -0.1) is 0 Å². The summed E-state index contributed by atoms with van der Waals surface area (Å²) >= 11 is 0. The summed E-state index contributed by atoms with van der Waals surface area (Å²) in [6.07, 6.45) is 1.33. The van der Waals surface area contributed by atoms with Gasteiger partial charge in [-0.1, -0.05) is 20.4 Å². The van der Waals surface area contributed by atoms with Crippen LogP contribution in [0, 0.1) is 11.3 Å². The van der Waals surface area contributed by atoms with E-state index in [0.717, 1.165) is 18.4 Å². The van der Waals surface area contributed by atoms with Gasteiger partial charge in [0.15, 0.2) is 0 Å². The van der Waals surface area contributed by atoms with Gasteiger partial charge in [-0.05, 0) is 23.8 Å². The molecule has 1 rings (SSSR count). The standard InChI is InChI=1S/C10H18O2/c1-7-8(6-11)10(2,3)5-4-9(7)12/h8-9,11-12H,1,4-6H2,2-3H3/t8-,9-/m1/s1. The molecular formula is C10H18O2. The fourth-order valence-corrected chi connectivity index (χ4v) is 1.97. The Morgan fingerprint density at radius 3 is 2.58 bits per heavy atom. The summed E-state index contributed by atoms with van der Waals surface area (Å²) in [4.78, 5) is 0. The molecule has 0 aromatic carbocycles. The molecule has 0 spiro atoms. The van der Waals surface area contributed by atoms with Gasteiger partial charge in [0.1, 0.15) is 0 Å². The van der Waals surface area contributed by atoms with Crippen LogP contribution < -0.4 is 0 Å². The third-order valence-electron chi connectivity index (χ3n) is 3.06. The van der Waals surface area contributed by atoms with Crippen LogP contribution in [-0.2, 0) is 0 Å². The Bertz CT molecular complexity index is 184. The Labute approximate surface area is 73.9 Å². The molecule has 2 nitrogen and oxygen atoms in total. The summed E-state index contributed by atoms with van der Waals surface area (Å²) in [6, 6.07) is 0. The van der Waals surface area contributed by atoms with Crippen molar-refractivity contribution in [3.05, 3.63) is 12.2 Å². The highest BCUT2D eigenvalue weighted by Crippen LogP contribution is 2.42. The first kappa shape index (κ1) is 9.75. The van der Waals surface area contributed by atoms with Crippen molar-refractivity contribution < 1.29 is 10.2 Å². The van der Waals surface area contributed by atoms with Crippen LogP contribution in [0.2, 0.25) is 0 Å². The summed E-state index contributed by atoms with van der Waals surface area (Å²) in [7, 11) is 0. The maximum absolute atomic E-state index is 9.50. The molecule has 0 saturated heterocycles. The van der Waals surface area contributed by atoms with E-state index in [-0.39, 0.29) is 17.9 Å². The fourth-order valence-electron chi connectivity index (χ4n) is 1.97. The number of rotatable bonds is 1. The zero-order valence-corrected chi connectivity index (χ0v) is 7.88. The molecule has 1 aliphatic rings. The molecule has 0 aliphatic heterocycles. The molecular weight excluding hydrogens is 152 g/mol. The SMILES string of the molecule is C=C1[C@H](O)CCC(C)(C)[C@@H]1CO. The predicted molar refractivity (Wildman–Crippen MR) is 48.7 cm³/mol. The maximum Gasteiger partial charge on any atom is 0.0751 e. The van der Waals surface area contributed by atoms with E-state index in [1.54, 1.807) is 0 Å². The molecule has 0 heterocycles. The molecule has 2 heteroatoms. The molecule has 0 radical (unpaired) electrons. The molecule has 1 saturated carbocycles. The van der Waals surface area contributed by atoms with Gasteiger partial charge in [0.25, 0.3) is 0 Å². The number of aliphatic hydroxyl groups is 2. The van der Waals surface area contributed by atoms with Crippen LogP contribution in [0.1, 0.15) is 26.7 Å². The van der Waals surface area contributed by atoms with Gasteiger partial charge in [0, 0.05) is 5.92 Å². The zero-order valence-electron chi connectivity index (χ0n) is 7.88. The van der Waals surface area contributed by atoms with Gasteiger partial charge in [0.05, 0.1) is 12.7 Å². The fraction of sp³-hybridized carbons (Fsp3) is 0.800. The first-order valence-corrected chi connectivity index (χ1v) is 4.46. The summed E-state index contributed by atoms with van der Waals surface area (Å²) in [6.45, 7) is 8.17. The van der Waals surface area contributed by atoms with Gasteiger partial charge in [-0.3, -0.25) is 0 Å². The van der Waals surface area contributed by atoms with Crippen molar-refractivity contribution in [1.29, 1.82) is 0 Å². The van der Waals surface area contributed by atoms with Gasteiger partial charge < -0.3 is 10.2 Å². The van der Waals surface area contributed by atoms with Gasteiger partial charge in [-0.25, -0.2) is 0 Å². The van der Waals surface area contributed by atoms with Crippen LogP contribution in [0.15, 0.2) is 12.2 Å². The third-order valence-corrected chi connectivity index (χ3v) is 3.06. The normalized spacial score (nSPS) is 35.2. The highest BCUT2D eigenvalue weighted by Gasteiger charge is 2.37. The van der Waals surface area contributed by atoms with E-state index >= 15 is 0 Å². The van der Waals surface area contributed by atoms with Crippen molar-refractivity contribution in [2.24, 2.45) is 11.3 Å². The van der Waals surface area contributed by atoms with Crippen LogP contribution in [0.4, 0.5) is 0 Å². The van der Waals surface area contributed by atoms with Gasteiger partial charge >= 0.3 is 0 Å². The Hall–Kier alpha value is -0.340. The van der Waals surface area contributed by atoms with Crippen molar-refractivity contribution >= 4 is 0 Å². The summed E-state index contributed by atoms with van der Waals surface area (Å²) in [5.74, 6) is 0.0567. The van der Waals surface area contributed by atoms with E-state index in [1.807, 2.05) is 0 Å². The van der Waals surface area contributed by atoms with Gasteiger partial charge in [0.2, 0.25) is 0 Å². The maximum atomic E-state index is 9.50. The molecule has 1 aliphatic carbocycles. The van der Waals surface area contributed by atoms with Crippen molar-refractivity contribution in [1.82, 2.24) is 0 Å². The lowest BCUT2D eigenvalue weighted by Crippen LogP contribution is -2.38. The van der Waals surface area contributed by atoms with Crippen LogP contribution >= 0.6 is 0 Å². The first-order valence-electron chi connectivity index (χ1n) is 4.46. The molecule has 12 heavy (non-hydrogen) atoms. The quantitative estimate of drug-likeness (QED) is 0.583.